The summed E-state index contributed by atoms with van der Waals surface area (Å²) in [5.74, 6) is 0.574. The second-order valence-corrected chi connectivity index (χ2v) is 8.38. The van der Waals surface area contributed by atoms with Crippen LogP contribution in [0.15, 0.2) is 21.5 Å². The molecule has 1 atom stereocenters. The zero-order valence-electron chi connectivity index (χ0n) is 14.4. The molecule has 0 saturated carbocycles. The molecule has 2 aromatic rings. The summed E-state index contributed by atoms with van der Waals surface area (Å²) in [5.41, 5.74) is 1.99. The van der Waals surface area contributed by atoms with Crippen LogP contribution in [0.25, 0.3) is 0 Å². The first-order chi connectivity index (χ1) is 11.8. The van der Waals surface area contributed by atoms with Crippen molar-refractivity contribution in [2.75, 3.05) is 0 Å². The zero-order valence-corrected chi connectivity index (χ0v) is 15.2. The Kier molecular flexibility index (Phi) is 4.48. The van der Waals surface area contributed by atoms with Crippen LogP contribution < -0.4 is 0 Å². The van der Waals surface area contributed by atoms with E-state index in [0.29, 0.717) is 22.2 Å². The van der Waals surface area contributed by atoms with Gasteiger partial charge in [-0.25, -0.2) is 4.99 Å². The van der Waals surface area contributed by atoms with Crippen LogP contribution in [0, 0.1) is 32.8 Å². The highest BCUT2D eigenvalue weighted by atomic mass is 32.1. The molecule has 2 aromatic heterocycles. The van der Waals surface area contributed by atoms with Crippen LogP contribution in [0.1, 0.15) is 49.0 Å². The SMILES string of the molecule is CC(C)(C)[C@H]1CCc2c(sc(N=Cc3ccc([N+](=O)[O-])o3)c2C#N)C1. The lowest BCUT2D eigenvalue weighted by atomic mass is 9.72. The Balaban J connectivity index is 1.88. The summed E-state index contributed by atoms with van der Waals surface area (Å²) in [6, 6.07) is 5.06. The predicted octanol–water partition coefficient (Wildman–Crippen LogP) is 5.02. The molecular formula is C18H19N3O3S. The minimum absolute atomic E-state index is 0.241. The smallest absolute Gasteiger partial charge is 0.400 e. The van der Waals surface area contributed by atoms with E-state index in [4.69, 9.17) is 4.42 Å². The maximum absolute atomic E-state index is 10.7. The Labute approximate surface area is 150 Å². The van der Waals surface area contributed by atoms with E-state index < -0.39 is 4.92 Å². The molecule has 0 radical (unpaired) electrons. The number of thiophene rings is 1. The first-order valence-corrected chi connectivity index (χ1v) is 8.94. The van der Waals surface area contributed by atoms with Gasteiger partial charge < -0.3 is 4.42 Å². The molecule has 25 heavy (non-hydrogen) atoms. The number of furan rings is 1. The third-order valence-electron chi connectivity index (χ3n) is 4.68. The number of nitriles is 1. The number of nitrogens with zero attached hydrogens (tertiary/aromatic N) is 3. The van der Waals surface area contributed by atoms with Crippen LogP contribution in [0.2, 0.25) is 0 Å². The minimum atomic E-state index is -0.589. The van der Waals surface area contributed by atoms with Gasteiger partial charge in [-0.3, -0.25) is 10.1 Å². The van der Waals surface area contributed by atoms with Gasteiger partial charge in [0.25, 0.3) is 0 Å². The monoisotopic (exact) mass is 357 g/mol. The number of hydrogen-bond acceptors (Lipinski definition) is 6. The summed E-state index contributed by atoms with van der Waals surface area (Å²) >= 11 is 1.54. The molecule has 1 aliphatic rings. The lowest BCUT2D eigenvalue weighted by molar-refractivity contribution is -0.402. The number of hydrogen-bond donors (Lipinski definition) is 0. The fraction of sp³-hybridized carbons (Fsp3) is 0.444. The summed E-state index contributed by atoms with van der Waals surface area (Å²) in [6.07, 6.45) is 4.39. The van der Waals surface area contributed by atoms with Gasteiger partial charge in [-0.2, -0.15) is 5.26 Å². The normalized spacial score (nSPS) is 17.4. The Bertz CT molecular complexity index is 880. The van der Waals surface area contributed by atoms with Gasteiger partial charge in [0.15, 0.2) is 5.76 Å². The minimum Gasteiger partial charge on any atom is -0.400 e. The quantitative estimate of drug-likeness (QED) is 0.438. The van der Waals surface area contributed by atoms with Gasteiger partial charge in [0.2, 0.25) is 0 Å². The van der Waals surface area contributed by atoms with Gasteiger partial charge in [-0.1, -0.05) is 20.8 Å². The van der Waals surface area contributed by atoms with Crippen LogP contribution in [0.3, 0.4) is 0 Å². The molecule has 0 N–H and O–H groups in total. The van der Waals surface area contributed by atoms with Crippen LogP contribution in [0.4, 0.5) is 10.9 Å². The summed E-state index contributed by atoms with van der Waals surface area (Å²) in [6.45, 7) is 6.76. The van der Waals surface area contributed by atoms with Crippen molar-refractivity contribution in [2.45, 2.75) is 40.0 Å². The molecule has 0 aromatic carbocycles. The van der Waals surface area contributed by atoms with Gasteiger partial charge in [0, 0.05) is 4.88 Å². The third kappa shape index (κ3) is 3.49. The molecule has 0 unspecified atom stereocenters. The van der Waals surface area contributed by atoms with E-state index in [9.17, 15) is 15.4 Å². The number of nitro groups is 1. The molecule has 7 heteroatoms. The van der Waals surface area contributed by atoms with Crippen LogP contribution in [0.5, 0.6) is 0 Å². The molecule has 0 spiro atoms. The van der Waals surface area contributed by atoms with E-state index in [0.717, 1.165) is 24.8 Å². The molecule has 1 aliphatic carbocycles. The molecule has 130 valence electrons. The van der Waals surface area contributed by atoms with E-state index in [-0.39, 0.29) is 11.3 Å². The largest absolute Gasteiger partial charge is 0.433 e. The van der Waals surface area contributed by atoms with Crippen molar-refractivity contribution in [2.24, 2.45) is 16.3 Å². The van der Waals surface area contributed by atoms with E-state index >= 15 is 0 Å². The fourth-order valence-corrected chi connectivity index (χ4v) is 4.37. The fourth-order valence-electron chi connectivity index (χ4n) is 3.15. The number of fused-ring (bicyclic) bond motifs is 1. The van der Waals surface area contributed by atoms with E-state index in [1.165, 1.54) is 23.2 Å². The third-order valence-corrected chi connectivity index (χ3v) is 5.85. The molecule has 0 amide bonds. The number of rotatable bonds is 3. The summed E-state index contributed by atoms with van der Waals surface area (Å²) in [4.78, 5) is 15.7. The van der Waals surface area contributed by atoms with Gasteiger partial charge in [0.1, 0.15) is 16.0 Å². The van der Waals surface area contributed by atoms with Crippen LogP contribution in [-0.2, 0) is 12.8 Å². The topological polar surface area (TPSA) is 92.4 Å². The van der Waals surface area contributed by atoms with Gasteiger partial charge >= 0.3 is 5.88 Å². The van der Waals surface area contributed by atoms with Crippen molar-refractivity contribution < 1.29 is 9.34 Å². The molecule has 0 fully saturated rings. The molecule has 2 heterocycles. The molecular weight excluding hydrogens is 338 g/mol. The lowest BCUT2D eigenvalue weighted by Crippen LogP contribution is -2.26. The lowest BCUT2D eigenvalue weighted by Gasteiger charge is -2.33. The van der Waals surface area contributed by atoms with Gasteiger partial charge in [0.05, 0.1) is 17.8 Å². The standard InChI is InChI=1S/C18H19N3O3S/c1-18(2,3)11-4-6-13-14(9-19)17(25-15(13)8-11)20-10-12-5-7-16(24-12)21(22)23/h5,7,10-11H,4,6,8H2,1-3H3/t11-/m0/s1. The van der Waals surface area contributed by atoms with Crippen LogP contribution >= 0.6 is 11.3 Å². The average Bonchev–Trinajstić information content (AvgIpc) is 3.15. The second-order valence-electron chi connectivity index (χ2n) is 7.29. The molecule has 0 saturated heterocycles. The van der Waals surface area contributed by atoms with Crippen LogP contribution in [-0.4, -0.2) is 11.1 Å². The first kappa shape index (κ1) is 17.4. The van der Waals surface area contributed by atoms with Crippen molar-refractivity contribution in [1.82, 2.24) is 0 Å². The first-order valence-electron chi connectivity index (χ1n) is 8.12. The summed E-state index contributed by atoms with van der Waals surface area (Å²) in [5, 5.41) is 20.8. The van der Waals surface area contributed by atoms with E-state index in [1.807, 2.05) is 0 Å². The summed E-state index contributed by atoms with van der Waals surface area (Å²) in [7, 11) is 0. The highest BCUT2D eigenvalue weighted by Gasteiger charge is 2.32. The summed E-state index contributed by atoms with van der Waals surface area (Å²) < 4.78 is 5.08. The molecule has 6 nitrogen and oxygen atoms in total. The maximum Gasteiger partial charge on any atom is 0.433 e. The van der Waals surface area contributed by atoms with Crippen molar-refractivity contribution >= 4 is 28.4 Å². The van der Waals surface area contributed by atoms with E-state index in [1.54, 1.807) is 11.3 Å². The molecule has 3 rings (SSSR count). The molecule has 0 bridgehead atoms. The number of aliphatic imine (C=N–C) groups is 1. The van der Waals surface area contributed by atoms with Gasteiger partial charge in [-0.05, 0) is 42.2 Å². The van der Waals surface area contributed by atoms with Crippen molar-refractivity contribution in [3.05, 3.63) is 44.0 Å². The zero-order chi connectivity index (χ0) is 18.2. The van der Waals surface area contributed by atoms with E-state index in [2.05, 4.69) is 31.8 Å². The van der Waals surface area contributed by atoms with Crippen molar-refractivity contribution in [1.29, 1.82) is 5.26 Å². The Morgan fingerprint density at radius 1 is 1.48 bits per heavy atom. The van der Waals surface area contributed by atoms with Crippen molar-refractivity contribution in [3.63, 3.8) is 0 Å². The highest BCUT2D eigenvalue weighted by molar-refractivity contribution is 7.16. The second kappa shape index (κ2) is 6.45. The predicted molar refractivity (Wildman–Crippen MR) is 96.6 cm³/mol. The Morgan fingerprint density at radius 3 is 2.84 bits per heavy atom. The van der Waals surface area contributed by atoms with Gasteiger partial charge in [-0.15, -0.1) is 11.3 Å². The van der Waals surface area contributed by atoms with Crippen molar-refractivity contribution in [3.8, 4) is 6.07 Å². The highest BCUT2D eigenvalue weighted by Crippen LogP contribution is 2.44. The Morgan fingerprint density at radius 2 is 2.24 bits per heavy atom. The molecule has 0 aliphatic heterocycles. The average molecular weight is 357 g/mol. The maximum atomic E-state index is 10.7. The Hall–Kier alpha value is -2.46.